The van der Waals surface area contributed by atoms with Crippen LogP contribution < -0.4 is 0 Å². The van der Waals surface area contributed by atoms with E-state index < -0.39 is 0 Å². The van der Waals surface area contributed by atoms with Gasteiger partial charge in [0.25, 0.3) is 0 Å². The number of aromatic nitrogens is 8. The molecule has 12 heteroatoms. The lowest BCUT2D eigenvalue weighted by atomic mass is 10.0. The largest absolute Gasteiger partial charge is 0.456 e. The van der Waals surface area contributed by atoms with Gasteiger partial charge in [-0.25, -0.2) is 34.9 Å². The third-order valence-corrected chi connectivity index (χ3v) is 24.6. The maximum atomic E-state index is 5.78. The third kappa shape index (κ3) is 21.8. The molecule has 0 N–H and O–H groups in total. The zero-order valence-electron chi connectivity index (χ0n) is 74.8. The SMILES string of the molecule is Cc1cc(-c2ccccc2)cc(-c2ccccc2)n1.Cc1cc(-c2ccccc2)nc(-c2ccccc2)n1.Cc1ccc2oc3ccccc3c2c1.Cc1ccc2sc3ccccc3c2c1.Cc1cccc2c1oc1ccccc12.Cc1cccc2c1sc1ccccc12.Cc1nc(-c2ccccc2)cc(-c2ccccc2)n1.Cc1nc(-c2ccccc2)nc(-c2ccccc2)n1. The summed E-state index contributed by atoms with van der Waals surface area (Å²) in [5.41, 5.74) is 25.0. The van der Waals surface area contributed by atoms with Crippen molar-refractivity contribution in [1.82, 2.24) is 39.9 Å². The molecule has 0 radical (unpaired) electrons. The van der Waals surface area contributed by atoms with Crippen molar-refractivity contribution < 1.29 is 8.83 Å². The summed E-state index contributed by atoms with van der Waals surface area (Å²) in [5, 5.41) is 10.4. The Morgan fingerprint density at radius 3 is 1.07 bits per heavy atom. The minimum Gasteiger partial charge on any atom is -0.456 e. The lowest BCUT2D eigenvalue weighted by Gasteiger charge is -2.07. The first-order chi connectivity index (χ1) is 64.7. The number of fused-ring (bicyclic) bond motifs is 12. The molecule has 132 heavy (non-hydrogen) atoms. The lowest BCUT2D eigenvalue weighted by Crippen LogP contribution is -1.99. The topological polar surface area (TPSA) is 129 Å². The molecular weight excluding hydrogens is 1650 g/mol. The van der Waals surface area contributed by atoms with Crippen LogP contribution in [0.3, 0.4) is 0 Å². The van der Waals surface area contributed by atoms with Crippen molar-refractivity contribution in [2.24, 2.45) is 0 Å². The molecule has 0 spiro atoms. The Labute approximate surface area is 777 Å². The second-order valence-electron chi connectivity index (χ2n) is 32.0. The Balaban J connectivity index is 0.000000106. The zero-order valence-corrected chi connectivity index (χ0v) is 76.4. The maximum absolute atomic E-state index is 5.78. The van der Waals surface area contributed by atoms with Crippen molar-refractivity contribution in [3.63, 3.8) is 0 Å². The van der Waals surface area contributed by atoms with Crippen molar-refractivity contribution in [3.8, 4) is 90.3 Å². The molecular formula is C120H96N8O2S2. The Bertz CT molecular complexity index is 7000. The standard InChI is InChI=1S/C18H15N.2C17H14N2.C16H13N3.2C13H10O.2C13H10S/c1-14-12-17(15-8-4-2-5-9-15)13-18(19-14)16-10-6-3-7-11-16;1-13-18-16(14-8-4-2-5-9-14)12-17(19-13)15-10-6-3-7-11-15;1-13-12-16(14-8-4-2-5-9-14)19-17(18-13)15-10-6-3-7-11-15;1-12-17-15(13-8-4-2-5-9-13)19-16(18-12)14-10-6-3-7-11-14;1-9-5-4-7-11-10-6-2-3-8-12(10)14-13(9)11;1-9-6-7-13-11(8-9)10-4-2-3-5-12(10)14-13;1-9-5-4-7-11-10-6-2-3-8-12(10)14-13(9)11;1-9-6-7-13-11(8-9)10-4-2-3-5-12(10)14-13/h2-13H,1H3;2*2-12H,1H3;2-11H,1H3;4*2-8H,1H3. The summed E-state index contributed by atoms with van der Waals surface area (Å²) in [7, 11) is 0. The van der Waals surface area contributed by atoms with Gasteiger partial charge in [0.2, 0.25) is 0 Å². The van der Waals surface area contributed by atoms with Crippen LogP contribution in [-0.4, -0.2) is 39.9 Å². The van der Waals surface area contributed by atoms with Crippen LogP contribution >= 0.6 is 22.7 Å². The predicted octanol–water partition coefficient (Wildman–Crippen LogP) is 33.0. The normalized spacial score (nSPS) is 10.7. The van der Waals surface area contributed by atoms with Gasteiger partial charge in [-0.05, 0) is 150 Å². The van der Waals surface area contributed by atoms with E-state index in [9.17, 15) is 0 Å². The van der Waals surface area contributed by atoms with Crippen LogP contribution in [0.2, 0.25) is 0 Å². The summed E-state index contributed by atoms with van der Waals surface area (Å²) < 4.78 is 17.1. The number of nitrogens with zero attached hydrogens (tertiary/aromatic N) is 8. The summed E-state index contributed by atoms with van der Waals surface area (Å²) in [4.78, 5) is 36.2. The van der Waals surface area contributed by atoms with Gasteiger partial charge in [0.05, 0.1) is 22.8 Å². The first-order valence-electron chi connectivity index (χ1n) is 44.1. The van der Waals surface area contributed by atoms with Gasteiger partial charge < -0.3 is 8.83 Å². The van der Waals surface area contributed by atoms with Crippen molar-refractivity contribution in [2.45, 2.75) is 55.4 Å². The molecule has 8 aromatic heterocycles. The van der Waals surface area contributed by atoms with Crippen LogP contribution in [0.25, 0.3) is 175 Å². The second-order valence-corrected chi connectivity index (χ2v) is 34.2. The van der Waals surface area contributed by atoms with E-state index in [1.165, 1.54) is 95.3 Å². The molecule has 0 saturated heterocycles. The summed E-state index contributed by atoms with van der Waals surface area (Å²) in [6.45, 7) is 16.4. The van der Waals surface area contributed by atoms with Gasteiger partial charge in [0.15, 0.2) is 17.5 Å². The van der Waals surface area contributed by atoms with Gasteiger partial charge in [0, 0.05) is 112 Å². The highest BCUT2D eigenvalue weighted by molar-refractivity contribution is 7.26. The quantitative estimate of drug-likeness (QED) is 0.145. The summed E-state index contributed by atoms with van der Waals surface area (Å²) in [5.74, 6) is 3.73. The number of hydrogen-bond donors (Lipinski definition) is 0. The third-order valence-electron chi connectivity index (χ3n) is 22.1. The van der Waals surface area contributed by atoms with Gasteiger partial charge >= 0.3 is 0 Å². The Kier molecular flexibility index (Phi) is 28.1. The first-order valence-corrected chi connectivity index (χ1v) is 45.7. The van der Waals surface area contributed by atoms with E-state index in [1.807, 2.05) is 275 Å². The van der Waals surface area contributed by atoms with Crippen molar-refractivity contribution in [2.75, 3.05) is 0 Å². The fraction of sp³-hybridized carbons (Fsp3) is 0.0667. The van der Waals surface area contributed by atoms with Gasteiger partial charge in [-0.3, -0.25) is 4.98 Å². The number of hydrogen-bond acceptors (Lipinski definition) is 12. The highest BCUT2D eigenvalue weighted by Gasteiger charge is 2.14. The molecule has 16 aromatic carbocycles. The van der Waals surface area contributed by atoms with E-state index in [4.69, 9.17) is 8.83 Å². The van der Waals surface area contributed by atoms with Crippen molar-refractivity contribution in [1.29, 1.82) is 0 Å². The van der Waals surface area contributed by atoms with Crippen molar-refractivity contribution in [3.05, 3.63) is 482 Å². The molecule has 0 unspecified atom stereocenters. The molecule has 0 saturated carbocycles. The van der Waals surface area contributed by atoms with Gasteiger partial charge in [0.1, 0.15) is 34.0 Å². The van der Waals surface area contributed by atoms with Crippen LogP contribution in [0.5, 0.6) is 0 Å². The first kappa shape index (κ1) is 87.9. The van der Waals surface area contributed by atoms with E-state index in [0.717, 1.165) is 113 Å². The second kappa shape index (κ2) is 42.2. The molecule has 0 aliphatic heterocycles. The van der Waals surface area contributed by atoms with E-state index in [2.05, 4.69) is 280 Å². The van der Waals surface area contributed by atoms with Gasteiger partial charge in [-0.1, -0.05) is 375 Å². The fourth-order valence-electron chi connectivity index (χ4n) is 15.7. The highest BCUT2D eigenvalue weighted by Crippen LogP contribution is 2.38. The molecule has 0 aliphatic carbocycles. The number of pyridine rings is 1. The fourth-order valence-corrected chi connectivity index (χ4v) is 18.0. The molecule has 8 heterocycles. The van der Waals surface area contributed by atoms with E-state index >= 15 is 0 Å². The van der Waals surface area contributed by atoms with Crippen LogP contribution in [0.1, 0.15) is 45.3 Å². The molecule has 24 rings (SSSR count). The van der Waals surface area contributed by atoms with Gasteiger partial charge in [-0.15, -0.1) is 22.7 Å². The molecule has 24 aromatic rings. The minimum atomic E-state index is 0.715. The highest BCUT2D eigenvalue weighted by atomic mass is 32.1. The van der Waals surface area contributed by atoms with Crippen LogP contribution in [0.4, 0.5) is 0 Å². The molecule has 0 atom stereocenters. The maximum Gasteiger partial charge on any atom is 0.163 e. The van der Waals surface area contributed by atoms with E-state index in [0.29, 0.717) is 11.6 Å². The minimum absolute atomic E-state index is 0.715. The molecule has 0 bridgehead atoms. The summed E-state index contributed by atoms with van der Waals surface area (Å²) in [6.07, 6.45) is 0. The number of rotatable bonds is 8. The average molecular weight is 1750 g/mol. The molecule has 0 aliphatic rings. The van der Waals surface area contributed by atoms with Crippen LogP contribution in [-0.2, 0) is 0 Å². The average Bonchev–Trinajstić information content (AvgIpc) is 1.66. The monoisotopic (exact) mass is 1740 g/mol. The Hall–Kier alpha value is -16.1. The molecule has 0 fully saturated rings. The van der Waals surface area contributed by atoms with E-state index in [1.54, 1.807) is 0 Å². The van der Waals surface area contributed by atoms with Crippen molar-refractivity contribution >= 4 is 107 Å². The number of benzene rings is 16. The van der Waals surface area contributed by atoms with Crippen LogP contribution in [0, 0.1) is 55.4 Å². The molecule has 0 amide bonds. The number of aryl methyl sites for hydroxylation is 8. The smallest absolute Gasteiger partial charge is 0.163 e. The number of para-hydroxylation sites is 3. The number of furan rings is 2. The van der Waals surface area contributed by atoms with Crippen LogP contribution in [0.15, 0.2) is 446 Å². The summed E-state index contributed by atoms with van der Waals surface area (Å²) in [6, 6.07) is 149. The predicted molar refractivity (Wildman–Crippen MR) is 556 cm³/mol. The summed E-state index contributed by atoms with van der Waals surface area (Å²) >= 11 is 3.76. The van der Waals surface area contributed by atoms with Gasteiger partial charge in [-0.2, -0.15) is 0 Å². The molecule has 640 valence electrons. The zero-order chi connectivity index (χ0) is 90.5. The van der Waals surface area contributed by atoms with E-state index in [-0.39, 0.29) is 0 Å². The molecule has 10 nitrogen and oxygen atoms in total. The Morgan fingerprint density at radius 2 is 0.545 bits per heavy atom. The number of thiophene rings is 2. The lowest BCUT2D eigenvalue weighted by molar-refractivity contribution is 0.666. The Morgan fingerprint density at radius 1 is 0.189 bits per heavy atom.